The van der Waals surface area contributed by atoms with Gasteiger partial charge in [0, 0.05) is 12.1 Å². The van der Waals surface area contributed by atoms with E-state index in [1.165, 1.54) is 4.57 Å². The molecule has 98 valence electrons. The number of rotatable bonds is 5. The van der Waals surface area contributed by atoms with Crippen LogP contribution in [-0.2, 0) is 9.53 Å². The lowest BCUT2D eigenvalue weighted by Crippen LogP contribution is -2.46. The molecule has 1 aromatic heterocycles. The highest BCUT2D eigenvalue weighted by Gasteiger charge is 2.35. The molecule has 0 aromatic carbocycles. The monoisotopic (exact) mass is 251 g/mol. The van der Waals surface area contributed by atoms with Crippen molar-refractivity contribution in [1.29, 1.82) is 0 Å². The second kappa shape index (κ2) is 6.14. The van der Waals surface area contributed by atoms with Gasteiger partial charge in [-0.15, -0.1) is 0 Å². The zero-order valence-electron chi connectivity index (χ0n) is 10.8. The molecule has 0 aliphatic carbocycles. The maximum absolute atomic E-state index is 11.7. The number of primary amides is 1. The predicted octanol–water partition coefficient (Wildman–Crippen LogP) is 1.25. The Morgan fingerprint density at radius 3 is 2.17 bits per heavy atom. The molecular formula is C13H19N2O3+. The van der Waals surface area contributed by atoms with Gasteiger partial charge in [0.1, 0.15) is 6.61 Å². The summed E-state index contributed by atoms with van der Waals surface area (Å²) in [6.07, 6.45) is 3.76. The molecule has 2 N–H and O–H groups in total. The van der Waals surface area contributed by atoms with Crippen LogP contribution in [-0.4, -0.2) is 18.6 Å². The molecule has 0 radical (unpaired) electrons. The molecule has 0 bridgehead atoms. The summed E-state index contributed by atoms with van der Waals surface area (Å²) in [4.78, 5) is 23.2. The van der Waals surface area contributed by atoms with Crippen molar-refractivity contribution in [2.75, 3.05) is 6.61 Å². The summed E-state index contributed by atoms with van der Waals surface area (Å²) >= 11 is 0. The molecule has 0 aliphatic heterocycles. The van der Waals surface area contributed by atoms with Crippen molar-refractivity contribution < 1.29 is 18.9 Å². The van der Waals surface area contributed by atoms with Crippen molar-refractivity contribution >= 4 is 12.0 Å². The second-order valence-electron chi connectivity index (χ2n) is 4.19. The Balaban J connectivity index is 2.69. The van der Waals surface area contributed by atoms with Crippen LogP contribution in [0.25, 0.3) is 0 Å². The number of amides is 1. The zero-order valence-corrected chi connectivity index (χ0v) is 10.8. The molecular weight excluding hydrogens is 232 g/mol. The fourth-order valence-corrected chi connectivity index (χ4v) is 1.67. The first-order valence-electron chi connectivity index (χ1n) is 5.99. The third-order valence-corrected chi connectivity index (χ3v) is 3.27. The highest BCUT2D eigenvalue weighted by molar-refractivity contribution is 5.81. The number of carbonyl (C=O) groups excluding carboxylic acids is 2. The average molecular weight is 251 g/mol. The van der Waals surface area contributed by atoms with Crippen molar-refractivity contribution in [1.82, 2.24) is 0 Å². The van der Waals surface area contributed by atoms with E-state index in [2.05, 4.69) is 0 Å². The van der Waals surface area contributed by atoms with E-state index in [1.54, 1.807) is 30.6 Å². The summed E-state index contributed by atoms with van der Waals surface area (Å²) in [5.74, 6) is -0.432. The van der Waals surface area contributed by atoms with Gasteiger partial charge in [0.15, 0.2) is 12.4 Å². The molecule has 1 aromatic rings. The Morgan fingerprint density at radius 2 is 1.72 bits per heavy atom. The molecule has 0 unspecified atom stereocenters. The lowest BCUT2D eigenvalue weighted by atomic mass is 9.82. The Kier molecular flexibility index (Phi) is 4.83. The first-order chi connectivity index (χ1) is 8.55. The van der Waals surface area contributed by atoms with E-state index in [1.807, 2.05) is 13.8 Å². The molecule has 0 saturated heterocycles. The summed E-state index contributed by atoms with van der Waals surface area (Å²) < 4.78 is 6.48. The van der Waals surface area contributed by atoms with Crippen LogP contribution in [0.5, 0.6) is 0 Å². The van der Waals surface area contributed by atoms with Gasteiger partial charge >= 0.3 is 6.09 Å². The number of aromatic nitrogens is 1. The lowest BCUT2D eigenvalue weighted by Gasteiger charge is -2.26. The van der Waals surface area contributed by atoms with Gasteiger partial charge in [0.05, 0.1) is 5.41 Å². The summed E-state index contributed by atoms with van der Waals surface area (Å²) in [6, 6.07) is 5.25. The number of nitrogens with zero attached hydrogens (tertiary/aromatic N) is 1. The van der Waals surface area contributed by atoms with E-state index in [0.29, 0.717) is 12.8 Å². The van der Waals surface area contributed by atoms with Gasteiger partial charge in [-0.2, -0.15) is 4.79 Å². The van der Waals surface area contributed by atoms with Gasteiger partial charge in [0.25, 0.3) is 0 Å². The number of pyridine rings is 1. The molecule has 18 heavy (non-hydrogen) atoms. The zero-order chi connectivity index (χ0) is 13.6. The minimum Gasteiger partial charge on any atom is -0.410 e. The van der Waals surface area contributed by atoms with E-state index < -0.39 is 17.4 Å². The fraction of sp³-hybridized carbons (Fsp3) is 0.462. The molecule has 1 rings (SSSR count). The van der Waals surface area contributed by atoms with E-state index in [4.69, 9.17) is 10.5 Å². The maximum Gasteiger partial charge on any atom is 0.601 e. The van der Waals surface area contributed by atoms with Crippen molar-refractivity contribution in [2.24, 2.45) is 11.1 Å². The largest absolute Gasteiger partial charge is 0.601 e. The second-order valence-corrected chi connectivity index (χ2v) is 4.19. The third-order valence-electron chi connectivity index (χ3n) is 3.27. The SMILES string of the molecule is CCC(CC)(COC(=O)[n+]1ccccc1)C(N)=O. The number of hydrogen-bond donors (Lipinski definition) is 1. The molecule has 0 atom stereocenters. The first kappa shape index (κ1) is 14.2. The number of nitrogens with two attached hydrogens (primary N) is 1. The molecule has 0 spiro atoms. The summed E-state index contributed by atoms with van der Waals surface area (Å²) in [7, 11) is 0. The van der Waals surface area contributed by atoms with Crippen molar-refractivity contribution in [3.05, 3.63) is 30.6 Å². The average Bonchev–Trinajstić information content (AvgIpc) is 2.41. The van der Waals surface area contributed by atoms with Gasteiger partial charge in [-0.05, 0) is 12.8 Å². The Labute approximate surface area is 107 Å². The molecule has 0 aliphatic rings. The van der Waals surface area contributed by atoms with E-state index >= 15 is 0 Å². The van der Waals surface area contributed by atoms with E-state index in [0.717, 1.165) is 0 Å². The smallest absolute Gasteiger partial charge is 0.410 e. The molecule has 1 heterocycles. The van der Waals surface area contributed by atoms with Gasteiger partial charge < -0.3 is 10.5 Å². The normalized spacial score (nSPS) is 11.0. The molecule has 5 nitrogen and oxygen atoms in total. The number of hydrogen-bond acceptors (Lipinski definition) is 3. The molecule has 0 fully saturated rings. The molecule has 5 heteroatoms. The predicted molar refractivity (Wildman–Crippen MR) is 65.6 cm³/mol. The summed E-state index contributed by atoms with van der Waals surface area (Å²) in [5.41, 5.74) is 4.61. The minimum absolute atomic E-state index is 0.00998. The van der Waals surface area contributed by atoms with Crippen LogP contribution in [0.2, 0.25) is 0 Å². The lowest BCUT2D eigenvalue weighted by molar-refractivity contribution is -0.586. The van der Waals surface area contributed by atoms with Crippen LogP contribution < -0.4 is 10.3 Å². The number of ether oxygens (including phenoxy) is 1. The molecule has 1 amide bonds. The highest BCUT2D eigenvalue weighted by atomic mass is 16.5. The first-order valence-corrected chi connectivity index (χ1v) is 5.99. The van der Waals surface area contributed by atoms with Crippen LogP contribution in [0.15, 0.2) is 30.6 Å². The van der Waals surface area contributed by atoms with Crippen molar-refractivity contribution in [3.63, 3.8) is 0 Å². The third kappa shape index (κ3) is 3.06. The van der Waals surface area contributed by atoms with Crippen LogP contribution >= 0.6 is 0 Å². The van der Waals surface area contributed by atoms with Crippen LogP contribution in [0.1, 0.15) is 26.7 Å². The van der Waals surface area contributed by atoms with Gasteiger partial charge in [0.2, 0.25) is 5.91 Å². The topological polar surface area (TPSA) is 73.3 Å². The Hall–Kier alpha value is -1.91. The Bertz CT molecular complexity index is 414. The number of carbonyl (C=O) groups is 2. The molecule has 0 saturated carbocycles. The van der Waals surface area contributed by atoms with E-state index in [-0.39, 0.29) is 6.61 Å². The van der Waals surface area contributed by atoms with Crippen LogP contribution in [0.4, 0.5) is 4.79 Å². The minimum atomic E-state index is -0.773. The van der Waals surface area contributed by atoms with Gasteiger partial charge in [-0.25, -0.2) is 0 Å². The maximum atomic E-state index is 11.7. The van der Waals surface area contributed by atoms with Gasteiger partial charge in [-0.1, -0.05) is 24.5 Å². The van der Waals surface area contributed by atoms with Crippen molar-refractivity contribution in [3.8, 4) is 0 Å². The quantitative estimate of drug-likeness (QED) is 0.800. The fourth-order valence-electron chi connectivity index (χ4n) is 1.67. The van der Waals surface area contributed by atoms with E-state index in [9.17, 15) is 9.59 Å². The van der Waals surface area contributed by atoms with Crippen LogP contribution in [0.3, 0.4) is 0 Å². The standard InChI is InChI=1S/C13H18N2O3/c1-3-13(4-2,11(14)16)10-18-12(17)15-8-6-5-7-9-15/h5-9H,3-4,10H2,1-2H3,(H-,14,16)/p+1. The summed E-state index contributed by atoms with van der Waals surface area (Å²) in [6.45, 7) is 3.73. The Morgan fingerprint density at radius 1 is 1.17 bits per heavy atom. The van der Waals surface area contributed by atoms with Crippen molar-refractivity contribution in [2.45, 2.75) is 26.7 Å². The highest BCUT2D eigenvalue weighted by Crippen LogP contribution is 2.26. The summed E-state index contributed by atoms with van der Waals surface area (Å²) in [5, 5.41) is 0. The van der Waals surface area contributed by atoms with Crippen LogP contribution in [0, 0.1) is 5.41 Å². The van der Waals surface area contributed by atoms with Gasteiger partial charge in [-0.3, -0.25) is 4.79 Å².